The first-order chi connectivity index (χ1) is 11.6. The van der Waals surface area contributed by atoms with Crippen molar-refractivity contribution in [2.75, 3.05) is 31.1 Å². The van der Waals surface area contributed by atoms with Gasteiger partial charge in [-0.2, -0.15) is 5.10 Å². The zero-order chi connectivity index (χ0) is 17.1. The lowest BCUT2D eigenvalue weighted by molar-refractivity contribution is 0.0995. The minimum absolute atomic E-state index is 0.0374. The predicted molar refractivity (Wildman–Crippen MR) is 90.2 cm³/mol. The summed E-state index contributed by atoms with van der Waals surface area (Å²) in [5.74, 6) is -0.875. The molecule has 1 aliphatic heterocycles. The van der Waals surface area contributed by atoms with Crippen molar-refractivity contribution in [3.8, 4) is 0 Å². The molecule has 0 spiro atoms. The summed E-state index contributed by atoms with van der Waals surface area (Å²) in [4.78, 5) is 26.7. The van der Waals surface area contributed by atoms with Crippen LogP contribution in [0.2, 0.25) is 0 Å². The molecular formula is C17H19N5O2. The van der Waals surface area contributed by atoms with Crippen LogP contribution in [0.25, 0.3) is 0 Å². The fourth-order valence-corrected chi connectivity index (χ4v) is 2.86. The Labute approximate surface area is 139 Å². The molecule has 2 aromatic rings. The van der Waals surface area contributed by atoms with Crippen LogP contribution >= 0.6 is 0 Å². The Bertz CT molecular complexity index is 784. The summed E-state index contributed by atoms with van der Waals surface area (Å²) in [6, 6.07) is 7.32. The van der Waals surface area contributed by atoms with Crippen molar-refractivity contribution in [1.29, 1.82) is 0 Å². The number of rotatable bonds is 4. The van der Waals surface area contributed by atoms with Crippen LogP contribution in [0.4, 0.5) is 5.69 Å². The van der Waals surface area contributed by atoms with Crippen LogP contribution in [0.5, 0.6) is 0 Å². The van der Waals surface area contributed by atoms with Crippen molar-refractivity contribution >= 4 is 17.4 Å². The second-order valence-corrected chi connectivity index (χ2v) is 5.76. The molecule has 1 fully saturated rings. The molecule has 0 unspecified atom stereocenters. The minimum atomic E-state index is -0.685. The minimum Gasteiger partial charge on any atom is -0.366 e. The van der Waals surface area contributed by atoms with Gasteiger partial charge >= 0.3 is 0 Å². The van der Waals surface area contributed by atoms with Gasteiger partial charge in [-0.3, -0.25) is 9.59 Å². The molecule has 1 aromatic carbocycles. The van der Waals surface area contributed by atoms with Gasteiger partial charge in [0.1, 0.15) is 0 Å². The second-order valence-electron chi connectivity index (χ2n) is 5.76. The van der Waals surface area contributed by atoms with Crippen LogP contribution in [-0.2, 0) is 0 Å². The van der Waals surface area contributed by atoms with Crippen LogP contribution in [0.1, 0.15) is 32.0 Å². The molecule has 0 radical (unpaired) electrons. The number of aromatic nitrogens is 2. The van der Waals surface area contributed by atoms with Crippen LogP contribution in [0.3, 0.4) is 0 Å². The zero-order valence-corrected chi connectivity index (χ0v) is 13.5. The van der Waals surface area contributed by atoms with Crippen molar-refractivity contribution in [3.05, 3.63) is 52.8 Å². The highest BCUT2D eigenvalue weighted by Gasteiger charge is 2.26. The van der Waals surface area contributed by atoms with Crippen molar-refractivity contribution in [3.63, 3.8) is 0 Å². The zero-order valence-electron chi connectivity index (χ0n) is 13.5. The van der Waals surface area contributed by atoms with Crippen LogP contribution in [0.15, 0.2) is 30.5 Å². The Hall–Kier alpha value is -2.80. The summed E-state index contributed by atoms with van der Waals surface area (Å²) in [6.07, 6.45) is 1.41. The number of hydrogen-bond donors (Lipinski definition) is 2. The lowest BCUT2D eigenvalue weighted by atomic mass is 10.00. The molecule has 0 aliphatic carbocycles. The van der Waals surface area contributed by atoms with Gasteiger partial charge in [0.05, 0.1) is 17.4 Å². The number of nitrogens with zero attached hydrogens (tertiary/aromatic N) is 3. The average Bonchev–Trinajstić information content (AvgIpc) is 2.61. The van der Waals surface area contributed by atoms with E-state index in [1.165, 1.54) is 6.20 Å². The second kappa shape index (κ2) is 6.76. The van der Waals surface area contributed by atoms with E-state index in [1.54, 1.807) is 6.07 Å². The molecule has 7 heteroatoms. The fraction of sp³-hybridized carbons (Fsp3) is 0.294. The predicted octanol–water partition coefficient (Wildman–Crippen LogP) is 0.525. The molecule has 0 atom stereocenters. The monoisotopic (exact) mass is 325 g/mol. The molecule has 24 heavy (non-hydrogen) atoms. The summed E-state index contributed by atoms with van der Waals surface area (Å²) >= 11 is 0. The first-order valence-electron chi connectivity index (χ1n) is 7.80. The van der Waals surface area contributed by atoms with E-state index in [4.69, 9.17) is 5.73 Å². The van der Waals surface area contributed by atoms with E-state index in [0.29, 0.717) is 29.9 Å². The third-order valence-electron chi connectivity index (χ3n) is 4.02. The van der Waals surface area contributed by atoms with Gasteiger partial charge in [0.25, 0.3) is 5.91 Å². The topological polar surface area (TPSA) is 101 Å². The Morgan fingerprint density at radius 3 is 2.67 bits per heavy atom. The molecule has 1 aliphatic rings. The van der Waals surface area contributed by atoms with Gasteiger partial charge in [-0.15, -0.1) is 5.10 Å². The highest BCUT2D eigenvalue weighted by atomic mass is 16.1. The Morgan fingerprint density at radius 1 is 1.25 bits per heavy atom. The van der Waals surface area contributed by atoms with E-state index in [-0.39, 0.29) is 11.5 Å². The summed E-state index contributed by atoms with van der Waals surface area (Å²) in [5, 5.41) is 10.9. The number of piperazine rings is 1. The SMILES string of the molecule is Cc1cccc(C(=O)c2cnnc(C(N)=O)c2N2CCNCC2)c1. The number of benzene rings is 1. The number of ketones is 1. The van der Waals surface area contributed by atoms with Gasteiger partial charge in [-0.25, -0.2) is 0 Å². The molecule has 0 saturated carbocycles. The first-order valence-corrected chi connectivity index (χ1v) is 7.80. The number of primary amides is 1. The van der Waals surface area contributed by atoms with Crippen molar-refractivity contribution < 1.29 is 9.59 Å². The maximum Gasteiger partial charge on any atom is 0.271 e. The molecule has 0 bridgehead atoms. The van der Waals surface area contributed by atoms with Crippen molar-refractivity contribution in [2.45, 2.75) is 6.92 Å². The Morgan fingerprint density at radius 2 is 2.00 bits per heavy atom. The first kappa shape index (κ1) is 16.1. The lowest BCUT2D eigenvalue weighted by Crippen LogP contribution is -2.45. The molecule has 2 heterocycles. The van der Waals surface area contributed by atoms with Gasteiger partial charge in [0, 0.05) is 31.7 Å². The Kier molecular flexibility index (Phi) is 4.52. The smallest absolute Gasteiger partial charge is 0.271 e. The third-order valence-corrected chi connectivity index (χ3v) is 4.02. The van der Waals surface area contributed by atoms with Gasteiger partial charge < -0.3 is 16.0 Å². The van der Waals surface area contributed by atoms with Gasteiger partial charge in [-0.05, 0) is 13.0 Å². The van der Waals surface area contributed by atoms with E-state index in [1.807, 2.05) is 30.0 Å². The molecule has 1 amide bonds. The summed E-state index contributed by atoms with van der Waals surface area (Å²) in [7, 11) is 0. The van der Waals surface area contributed by atoms with Crippen LogP contribution in [-0.4, -0.2) is 48.1 Å². The molecule has 3 N–H and O–H groups in total. The van der Waals surface area contributed by atoms with Gasteiger partial charge in [0.15, 0.2) is 11.5 Å². The quantitative estimate of drug-likeness (QED) is 0.795. The molecule has 1 aromatic heterocycles. The number of nitrogens with one attached hydrogen (secondary N) is 1. The van der Waals surface area contributed by atoms with Crippen molar-refractivity contribution in [2.24, 2.45) is 5.73 Å². The maximum absolute atomic E-state index is 13.0. The molecule has 1 saturated heterocycles. The Balaban J connectivity index is 2.11. The van der Waals surface area contributed by atoms with Gasteiger partial charge in [-0.1, -0.05) is 23.8 Å². The highest BCUT2D eigenvalue weighted by molar-refractivity contribution is 6.14. The lowest BCUT2D eigenvalue weighted by Gasteiger charge is -2.31. The summed E-state index contributed by atoms with van der Waals surface area (Å²) in [5.41, 5.74) is 7.86. The number of amides is 1. The molecule has 3 rings (SSSR count). The summed E-state index contributed by atoms with van der Waals surface area (Å²) < 4.78 is 0. The van der Waals surface area contributed by atoms with Crippen molar-refractivity contribution in [1.82, 2.24) is 15.5 Å². The van der Waals surface area contributed by atoms with E-state index in [9.17, 15) is 9.59 Å². The van der Waals surface area contributed by atoms with Gasteiger partial charge in [0.2, 0.25) is 0 Å². The summed E-state index contributed by atoms with van der Waals surface area (Å²) in [6.45, 7) is 4.78. The standard InChI is InChI=1S/C17H19N5O2/c1-11-3-2-4-12(9-11)16(23)13-10-20-21-14(17(18)24)15(13)22-7-5-19-6-8-22/h2-4,9-10,19H,5-8H2,1H3,(H2,18,24). The fourth-order valence-electron chi connectivity index (χ4n) is 2.86. The largest absolute Gasteiger partial charge is 0.366 e. The van der Waals surface area contributed by atoms with E-state index in [2.05, 4.69) is 15.5 Å². The molecule has 124 valence electrons. The normalized spacial score (nSPS) is 14.5. The number of anilines is 1. The average molecular weight is 325 g/mol. The van der Waals surface area contributed by atoms with E-state index >= 15 is 0 Å². The highest BCUT2D eigenvalue weighted by Crippen LogP contribution is 2.26. The third kappa shape index (κ3) is 3.11. The van der Waals surface area contributed by atoms with Crippen LogP contribution in [0, 0.1) is 6.92 Å². The maximum atomic E-state index is 13.0. The number of carbonyl (C=O) groups is 2. The molecule has 7 nitrogen and oxygen atoms in total. The van der Waals surface area contributed by atoms with E-state index < -0.39 is 5.91 Å². The number of hydrogen-bond acceptors (Lipinski definition) is 6. The van der Waals surface area contributed by atoms with E-state index in [0.717, 1.165) is 18.7 Å². The number of carbonyl (C=O) groups excluding carboxylic acids is 2. The van der Waals surface area contributed by atoms with Crippen LogP contribution < -0.4 is 16.0 Å². The number of nitrogens with two attached hydrogens (primary N) is 1. The molecular weight excluding hydrogens is 306 g/mol. The number of aryl methyl sites for hydroxylation is 1.